The first-order chi connectivity index (χ1) is 17.1. The predicted molar refractivity (Wildman–Crippen MR) is 125 cm³/mol. The van der Waals surface area contributed by atoms with E-state index in [9.17, 15) is 27.6 Å². The van der Waals surface area contributed by atoms with E-state index in [0.29, 0.717) is 31.5 Å². The number of allylic oxidation sites excluding steroid dienone is 1. The molecule has 12 heteroatoms. The number of anilines is 2. The Bertz CT molecular complexity index is 1130. The molecular weight excluding hydrogens is 481 g/mol. The number of halogens is 3. The highest BCUT2D eigenvalue weighted by molar-refractivity contribution is 5.98. The molecule has 1 saturated heterocycles. The number of benzene rings is 1. The average molecular weight is 506 g/mol. The minimum absolute atomic E-state index is 0.0425. The Morgan fingerprint density at radius 2 is 1.81 bits per heavy atom. The van der Waals surface area contributed by atoms with Crippen LogP contribution >= 0.6 is 0 Å². The Balaban J connectivity index is 1.87. The number of rotatable bonds is 8. The average Bonchev–Trinajstić information content (AvgIpc) is 2.84. The van der Waals surface area contributed by atoms with E-state index < -0.39 is 12.1 Å². The molecule has 1 aromatic carbocycles. The summed E-state index contributed by atoms with van der Waals surface area (Å²) in [6, 6.07) is 6.37. The molecule has 1 aromatic heterocycles. The molecule has 0 saturated carbocycles. The number of hydrogen-bond donors (Lipinski definition) is 1. The van der Waals surface area contributed by atoms with Crippen LogP contribution in [0.1, 0.15) is 32.3 Å². The van der Waals surface area contributed by atoms with Crippen LogP contribution in [0.4, 0.5) is 24.7 Å². The van der Waals surface area contributed by atoms with Crippen LogP contribution in [0, 0.1) is 5.92 Å². The van der Waals surface area contributed by atoms with Crippen molar-refractivity contribution in [1.82, 2.24) is 9.97 Å². The summed E-state index contributed by atoms with van der Waals surface area (Å²) in [6.45, 7) is 3.98. The van der Waals surface area contributed by atoms with E-state index in [1.54, 1.807) is 42.2 Å². The lowest BCUT2D eigenvalue weighted by Crippen LogP contribution is -2.38. The summed E-state index contributed by atoms with van der Waals surface area (Å²) in [7, 11) is 0. The minimum atomic E-state index is -5.15. The van der Waals surface area contributed by atoms with Gasteiger partial charge in [0, 0.05) is 13.1 Å². The first kappa shape index (κ1) is 26.6. The van der Waals surface area contributed by atoms with Crippen LogP contribution in [-0.4, -0.2) is 53.5 Å². The maximum atomic E-state index is 13.1. The summed E-state index contributed by atoms with van der Waals surface area (Å²) >= 11 is 0. The van der Waals surface area contributed by atoms with E-state index in [1.807, 2.05) is 5.32 Å². The van der Waals surface area contributed by atoms with E-state index in [1.165, 1.54) is 13.0 Å². The monoisotopic (exact) mass is 506 g/mol. The molecule has 0 radical (unpaired) electrons. The maximum Gasteiger partial charge on any atom is 0.471 e. The number of ether oxygens (including phenoxy) is 2. The predicted octanol–water partition coefficient (Wildman–Crippen LogP) is 4.15. The number of hydrogen-bond acceptors (Lipinski definition) is 8. The molecule has 0 unspecified atom stereocenters. The van der Waals surface area contributed by atoms with Crippen LogP contribution in [0.25, 0.3) is 6.08 Å². The van der Waals surface area contributed by atoms with Crippen molar-refractivity contribution < 1.29 is 37.0 Å². The Hall–Kier alpha value is -3.96. The highest BCUT2D eigenvalue weighted by Gasteiger charge is 2.40. The zero-order valence-corrected chi connectivity index (χ0v) is 19.7. The third kappa shape index (κ3) is 7.03. The largest absolute Gasteiger partial charge is 0.471 e. The van der Waals surface area contributed by atoms with Gasteiger partial charge < -0.3 is 19.7 Å². The first-order valence-electron chi connectivity index (χ1n) is 11.2. The zero-order valence-electron chi connectivity index (χ0n) is 19.7. The van der Waals surface area contributed by atoms with Gasteiger partial charge >= 0.3 is 18.1 Å². The Labute approximate surface area is 205 Å². The van der Waals surface area contributed by atoms with Gasteiger partial charge in [-0.05, 0) is 50.5 Å². The Kier molecular flexibility index (Phi) is 8.62. The van der Waals surface area contributed by atoms with Gasteiger partial charge in [-0.15, -0.1) is 0 Å². The molecule has 0 aliphatic carbocycles. The van der Waals surface area contributed by atoms with Crippen LogP contribution in [0.5, 0.6) is 11.6 Å². The number of carbonyl (C=O) groups excluding carboxylic acids is 3. The van der Waals surface area contributed by atoms with Crippen LogP contribution in [0.2, 0.25) is 0 Å². The molecule has 0 bridgehead atoms. The van der Waals surface area contributed by atoms with Gasteiger partial charge in [0.25, 0.3) is 0 Å². The van der Waals surface area contributed by atoms with Crippen molar-refractivity contribution in [3.8, 4) is 11.6 Å². The number of aromatic nitrogens is 2. The van der Waals surface area contributed by atoms with Gasteiger partial charge in [-0.25, -0.2) is 4.98 Å². The molecule has 1 N–H and O–H groups in total. The molecule has 1 fully saturated rings. The van der Waals surface area contributed by atoms with Gasteiger partial charge in [0.1, 0.15) is 17.8 Å². The van der Waals surface area contributed by atoms with Crippen molar-refractivity contribution in [2.45, 2.75) is 32.9 Å². The summed E-state index contributed by atoms with van der Waals surface area (Å²) in [5.41, 5.74) is 0.367. The highest BCUT2D eigenvalue weighted by atomic mass is 19.4. The second-order valence-corrected chi connectivity index (χ2v) is 7.96. The van der Waals surface area contributed by atoms with E-state index in [0.717, 1.165) is 6.33 Å². The number of alkyl halides is 3. The fraction of sp³-hybridized carbons (Fsp3) is 0.375. The van der Waals surface area contributed by atoms with Gasteiger partial charge in [-0.3, -0.25) is 14.4 Å². The normalized spacial score (nSPS) is 14.5. The molecule has 2 heterocycles. The first-order valence-corrected chi connectivity index (χ1v) is 11.2. The molecule has 0 spiro atoms. The van der Waals surface area contributed by atoms with Crippen LogP contribution in [0.15, 0.2) is 36.7 Å². The lowest BCUT2D eigenvalue weighted by Gasteiger charge is -2.32. The van der Waals surface area contributed by atoms with Gasteiger partial charge in [0.15, 0.2) is 11.6 Å². The van der Waals surface area contributed by atoms with Crippen molar-refractivity contribution in [2.24, 2.45) is 5.92 Å². The fourth-order valence-electron chi connectivity index (χ4n) is 3.53. The van der Waals surface area contributed by atoms with Crippen molar-refractivity contribution in [3.05, 3.63) is 42.2 Å². The molecule has 2 aromatic rings. The summed E-state index contributed by atoms with van der Waals surface area (Å²) < 4.78 is 49.9. The van der Waals surface area contributed by atoms with Crippen molar-refractivity contribution in [3.63, 3.8) is 0 Å². The quantitative estimate of drug-likeness (QED) is 0.420. The number of esters is 1. The summed E-state index contributed by atoms with van der Waals surface area (Å²) in [5.74, 6) is -2.98. The molecule has 3 rings (SSSR count). The van der Waals surface area contributed by atoms with Crippen LogP contribution < -0.4 is 15.0 Å². The summed E-state index contributed by atoms with van der Waals surface area (Å²) in [5, 5.41) is 1.84. The maximum absolute atomic E-state index is 13.1. The van der Waals surface area contributed by atoms with Crippen molar-refractivity contribution in [1.29, 1.82) is 0 Å². The van der Waals surface area contributed by atoms with Gasteiger partial charge in [0.05, 0.1) is 12.5 Å². The standard InChI is InChI=1S/C24H25F3N4O5/c1-3-35-22(33)17-10-12-31(13-11-17)20-19(30-23(34)24(25,26)27)21(29-14-28-20)36-18-8-6-16(7-9-18)5-4-15(2)32/h4-9,14,17H,3,10-13H2,1-2H3,(H,30,34)/b5-4+. The molecule has 36 heavy (non-hydrogen) atoms. The van der Waals surface area contributed by atoms with E-state index in [-0.39, 0.29) is 47.4 Å². The number of piperidine rings is 1. The number of nitrogens with one attached hydrogen (secondary N) is 1. The molecule has 9 nitrogen and oxygen atoms in total. The number of carbonyl (C=O) groups is 3. The molecular formula is C24H25F3N4O5. The minimum Gasteiger partial charge on any atom is -0.466 e. The lowest BCUT2D eigenvalue weighted by molar-refractivity contribution is -0.167. The summed E-state index contributed by atoms with van der Waals surface area (Å²) in [6.07, 6.45) is -0.227. The van der Waals surface area contributed by atoms with Crippen molar-refractivity contribution in [2.75, 3.05) is 29.9 Å². The van der Waals surface area contributed by atoms with E-state index in [4.69, 9.17) is 9.47 Å². The Morgan fingerprint density at radius 1 is 1.14 bits per heavy atom. The second-order valence-electron chi connectivity index (χ2n) is 7.96. The Morgan fingerprint density at radius 3 is 2.39 bits per heavy atom. The topological polar surface area (TPSA) is 111 Å². The molecule has 1 aliphatic rings. The summed E-state index contributed by atoms with van der Waals surface area (Å²) in [4.78, 5) is 44.6. The molecule has 1 amide bonds. The van der Waals surface area contributed by atoms with Gasteiger partial charge in [-0.2, -0.15) is 18.2 Å². The SMILES string of the molecule is CCOC(=O)C1CCN(c2ncnc(Oc3ccc(/C=C/C(C)=O)cc3)c2NC(=O)C(F)(F)F)CC1. The van der Waals surface area contributed by atoms with Crippen molar-refractivity contribution >= 4 is 35.2 Å². The molecule has 1 aliphatic heterocycles. The fourth-order valence-corrected chi connectivity index (χ4v) is 3.53. The van der Waals surface area contributed by atoms with E-state index >= 15 is 0 Å². The van der Waals surface area contributed by atoms with Crippen LogP contribution in [-0.2, 0) is 19.1 Å². The number of ketones is 1. The third-order valence-corrected chi connectivity index (χ3v) is 5.31. The highest BCUT2D eigenvalue weighted by Crippen LogP contribution is 2.37. The zero-order chi connectivity index (χ0) is 26.3. The van der Waals surface area contributed by atoms with Gasteiger partial charge in [0.2, 0.25) is 5.88 Å². The smallest absolute Gasteiger partial charge is 0.466 e. The van der Waals surface area contributed by atoms with E-state index in [2.05, 4.69) is 9.97 Å². The second kappa shape index (κ2) is 11.6. The third-order valence-electron chi connectivity index (χ3n) is 5.31. The van der Waals surface area contributed by atoms with Crippen LogP contribution in [0.3, 0.4) is 0 Å². The molecule has 0 atom stereocenters. The lowest BCUT2D eigenvalue weighted by atomic mass is 9.97. The molecule has 192 valence electrons. The number of amides is 1. The van der Waals surface area contributed by atoms with Gasteiger partial charge in [-0.1, -0.05) is 18.2 Å². The number of nitrogens with zero attached hydrogens (tertiary/aromatic N) is 3.